The van der Waals surface area contributed by atoms with Crippen LogP contribution in [0, 0.1) is 13.8 Å². The van der Waals surface area contributed by atoms with E-state index in [0.29, 0.717) is 49.3 Å². The summed E-state index contributed by atoms with van der Waals surface area (Å²) >= 11 is 0. The van der Waals surface area contributed by atoms with Crippen LogP contribution in [-0.2, 0) is 27.3 Å². The molecule has 398 valence electrons. The number of ether oxygens (including phenoxy) is 5. The number of nitrogens with one attached hydrogen (secondary N) is 4. The molecule has 0 unspecified atom stereocenters. The molecule has 0 saturated carbocycles. The second-order valence-corrected chi connectivity index (χ2v) is 16.7. The zero-order valence-corrected chi connectivity index (χ0v) is 42.2. The number of pyridine rings is 2. The number of carbonyl (C=O) groups is 4. The summed E-state index contributed by atoms with van der Waals surface area (Å²) in [6.45, 7) is 7.99. The normalized spacial score (nSPS) is 11.1. The molecule has 3 aromatic carbocycles. The molecule has 74 heavy (non-hydrogen) atoms. The number of hydrogen-bond acceptors (Lipinski definition) is 16. The second-order valence-electron chi connectivity index (χ2n) is 16.7. The Kier molecular flexibility index (Phi) is 21.8. The van der Waals surface area contributed by atoms with Crippen LogP contribution in [0.1, 0.15) is 70.9 Å². The molecular weight excluding hydrogens is 963 g/mol. The molecule has 0 aliphatic rings. The third-order valence-electron chi connectivity index (χ3n) is 11.7. The van der Waals surface area contributed by atoms with Gasteiger partial charge in [-0.1, -0.05) is 24.3 Å². The number of carbonyl (C=O) groups excluding carboxylic acids is 4. The number of nitrogens with zero attached hydrogens (tertiary/aromatic N) is 3. The van der Waals surface area contributed by atoms with E-state index in [-0.39, 0.29) is 94.4 Å². The summed E-state index contributed by atoms with van der Waals surface area (Å²) in [7, 11) is 3.07. The third-order valence-corrected chi connectivity index (χ3v) is 11.7. The van der Waals surface area contributed by atoms with E-state index in [1.807, 2.05) is 6.92 Å². The molecule has 0 radical (unpaired) electrons. The van der Waals surface area contributed by atoms with Crippen molar-refractivity contribution < 1.29 is 63.3 Å². The Bertz CT molecular complexity index is 2700. The van der Waals surface area contributed by atoms with Crippen LogP contribution in [0.2, 0.25) is 0 Å². The summed E-state index contributed by atoms with van der Waals surface area (Å²) in [5.74, 6) is -4.81. The van der Waals surface area contributed by atoms with E-state index in [2.05, 4.69) is 21.3 Å². The lowest BCUT2D eigenvalue weighted by Crippen LogP contribution is -2.43. The van der Waals surface area contributed by atoms with Crippen LogP contribution >= 0.6 is 0 Å². The Balaban J connectivity index is 1.21. The van der Waals surface area contributed by atoms with Gasteiger partial charge in [0.2, 0.25) is 0 Å². The minimum atomic E-state index is -0.823. The minimum absolute atomic E-state index is 0.0335. The summed E-state index contributed by atoms with van der Waals surface area (Å²) in [6.07, 6.45) is 0. The lowest BCUT2D eigenvalue weighted by molar-refractivity contribution is 0.0175. The third kappa shape index (κ3) is 15.8. The van der Waals surface area contributed by atoms with Crippen molar-refractivity contribution in [2.75, 3.05) is 99.7 Å². The maximum Gasteiger partial charge on any atom is 0.294 e. The number of aromatic hydroxyl groups is 4. The summed E-state index contributed by atoms with van der Waals surface area (Å²) in [5, 5.41) is 53.8. The standard InChI is InChI=1S/C52H65N7O15/c1-6-72-25-26-74-28-27-73-24-20-56-48(65)40-16-15-39(43(60)44(40)61)47(64)53-17-21-57(22-18-54-49(66)41-29-33(2)58(51(68)45(41)62)31-35-7-11-37(70-4)12-8-35)23-19-55-50(67)42-30-34(3)59(52(69)46(42)63)32-36-9-13-38(71-5)14-10-36/h7-16,29-30,60-63H,6,17-28,31-32H2,1-5H3,(H,53,64)(H,54,66)(H,55,67)(H,56,65). The van der Waals surface area contributed by atoms with Gasteiger partial charge in [-0.15, -0.1) is 0 Å². The van der Waals surface area contributed by atoms with Crippen LogP contribution in [0.5, 0.6) is 34.5 Å². The van der Waals surface area contributed by atoms with Crippen molar-refractivity contribution in [3.05, 3.63) is 138 Å². The smallest absolute Gasteiger partial charge is 0.294 e. The number of benzene rings is 3. The zero-order chi connectivity index (χ0) is 53.7. The average Bonchev–Trinajstić information content (AvgIpc) is 3.39. The molecule has 2 aromatic heterocycles. The minimum Gasteiger partial charge on any atom is -0.504 e. The number of amides is 4. The SMILES string of the molecule is CCOCCOCCOCCNC(=O)c1ccc(C(=O)NCCN(CCNC(=O)c2cc(C)n(Cc3ccc(OC)cc3)c(=O)c2O)CCNC(=O)c2cc(C)n(Cc3ccc(OC)cc3)c(=O)c2O)c(O)c1O. The summed E-state index contributed by atoms with van der Waals surface area (Å²) in [4.78, 5) is 81.2. The Hall–Kier alpha value is -7.92. The molecule has 8 N–H and O–H groups in total. The van der Waals surface area contributed by atoms with Crippen molar-refractivity contribution >= 4 is 23.6 Å². The highest BCUT2D eigenvalue weighted by atomic mass is 16.5. The van der Waals surface area contributed by atoms with Gasteiger partial charge in [0, 0.05) is 63.8 Å². The van der Waals surface area contributed by atoms with E-state index in [1.54, 1.807) is 67.3 Å². The van der Waals surface area contributed by atoms with E-state index < -0.39 is 57.7 Å². The second kappa shape index (κ2) is 28.4. The Morgan fingerprint density at radius 3 is 1.22 bits per heavy atom. The molecule has 0 bridgehead atoms. The molecule has 0 atom stereocenters. The predicted molar refractivity (Wildman–Crippen MR) is 272 cm³/mol. The lowest BCUT2D eigenvalue weighted by Gasteiger charge is -2.23. The first-order valence-electron chi connectivity index (χ1n) is 23.8. The molecule has 5 aromatic rings. The fourth-order valence-electron chi connectivity index (χ4n) is 7.55. The van der Waals surface area contributed by atoms with E-state index in [1.165, 1.54) is 47.6 Å². The van der Waals surface area contributed by atoms with Crippen molar-refractivity contribution in [2.24, 2.45) is 0 Å². The van der Waals surface area contributed by atoms with E-state index in [0.717, 1.165) is 11.1 Å². The van der Waals surface area contributed by atoms with E-state index in [9.17, 15) is 49.2 Å². The Morgan fingerprint density at radius 2 is 0.838 bits per heavy atom. The molecule has 2 heterocycles. The molecular formula is C52H65N7O15. The molecule has 5 rings (SSSR count). The number of rotatable bonds is 29. The van der Waals surface area contributed by atoms with E-state index in [4.69, 9.17) is 23.7 Å². The molecule has 0 aliphatic heterocycles. The van der Waals surface area contributed by atoms with Gasteiger partial charge in [-0.2, -0.15) is 0 Å². The summed E-state index contributed by atoms with van der Waals surface area (Å²) in [6, 6.07) is 19.2. The number of phenolic OH excluding ortho intramolecular Hbond substituents is 2. The van der Waals surface area contributed by atoms with Gasteiger partial charge in [0.05, 0.1) is 82.6 Å². The first-order valence-corrected chi connectivity index (χ1v) is 23.8. The van der Waals surface area contributed by atoms with Crippen LogP contribution < -0.4 is 41.9 Å². The Morgan fingerprint density at radius 1 is 0.486 bits per heavy atom. The summed E-state index contributed by atoms with van der Waals surface area (Å²) < 4.78 is 29.0. The first-order chi connectivity index (χ1) is 35.6. The molecule has 0 aliphatic carbocycles. The number of hydrogen-bond donors (Lipinski definition) is 8. The maximum absolute atomic E-state index is 13.4. The quantitative estimate of drug-likeness (QED) is 0.0252. The number of aromatic nitrogens is 2. The number of aryl methyl sites for hydroxylation is 2. The van der Waals surface area contributed by atoms with Crippen molar-refractivity contribution in [3.8, 4) is 34.5 Å². The van der Waals surface area contributed by atoms with Crippen molar-refractivity contribution in [1.82, 2.24) is 35.3 Å². The van der Waals surface area contributed by atoms with Gasteiger partial charge >= 0.3 is 0 Å². The van der Waals surface area contributed by atoms with Crippen LogP contribution in [0.15, 0.2) is 82.4 Å². The topological polar surface area (TPSA) is 291 Å². The van der Waals surface area contributed by atoms with Crippen LogP contribution in [0.4, 0.5) is 0 Å². The lowest BCUT2D eigenvalue weighted by atomic mass is 10.1. The van der Waals surface area contributed by atoms with Gasteiger partial charge in [-0.25, -0.2) is 0 Å². The Labute approximate surface area is 427 Å². The molecule has 22 heteroatoms. The first kappa shape index (κ1) is 57.0. The van der Waals surface area contributed by atoms with Gasteiger partial charge in [0.25, 0.3) is 34.7 Å². The number of phenols is 2. The van der Waals surface area contributed by atoms with Gasteiger partial charge in [-0.3, -0.25) is 33.7 Å². The fraction of sp³-hybridized carbons (Fsp3) is 0.385. The van der Waals surface area contributed by atoms with Gasteiger partial charge in [0.15, 0.2) is 23.0 Å². The largest absolute Gasteiger partial charge is 0.504 e. The van der Waals surface area contributed by atoms with Crippen molar-refractivity contribution in [3.63, 3.8) is 0 Å². The van der Waals surface area contributed by atoms with E-state index >= 15 is 0 Å². The average molecular weight is 1030 g/mol. The highest BCUT2D eigenvalue weighted by molar-refractivity contribution is 6.03. The molecule has 0 fully saturated rings. The van der Waals surface area contributed by atoms with Crippen molar-refractivity contribution in [2.45, 2.75) is 33.9 Å². The summed E-state index contributed by atoms with van der Waals surface area (Å²) in [5.41, 5.74) is -0.237. The predicted octanol–water partition coefficient (Wildman–Crippen LogP) is 2.25. The van der Waals surface area contributed by atoms with Crippen LogP contribution in [-0.4, -0.2) is 158 Å². The molecule has 0 saturated heterocycles. The fourth-order valence-corrected chi connectivity index (χ4v) is 7.55. The highest BCUT2D eigenvalue weighted by Gasteiger charge is 2.23. The van der Waals surface area contributed by atoms with Gasteiger partial charge in [-0.05, 0) is 80.4 Å². The van der Waals surface area contributed by atoms with Crippen LogP contribution in [0.25, 0.3) is 0 Å². The number of methoxy groups -OCH3 is 2. The van der Waals surface area contributed by atoms with Gasteiger partial charge < -0.3 is 74.5 Å². The monoisotopic (exact) mass is 1030 g/mol. The zero-order valence-electron chi connectivity index (χ0n) is 42.2. The molecule has 4 amide bonds. The van der Waals surface area contributed by atoms with Crippen molar-refractivity contribution in [1.29, 1.82) is 0 Å². The molecule has 0 spiro atoms. The van der Waals surface area contributed by atoms with Gasteiger partial charge in [0.1, 0.15) is 11.5 Å². The molecule has 22 nitrogen and oxygen atoms in total. The van der Waals surface area contributed by atoms with Crippen LogP contribution in [0.3, 0.4) is 0 Å². The highest BCUT2D eigenvalue weighted by Crippen LogP contribution is 2.32. The maximum atomic E-state index is 13.4.